The van der Waals surface area contributed by atoms with Crippen molar-refractivity contribution in [2.45, 2.75) is 32.7 Å². The van der Waals surface area contributed by atoms with Crippen LogP contribution in [0.25, 0.3) is 11.5 Å². The van der Waals surface area contributed by atoms with Gasteiger partial charge in [-0.05, 0) is 38.0 Å². The van der Waals surface area contributed by atoms with E-state index in [1.54, 1.807) is 0 Å². The van der Waals surface area contributed by atoms with Gasteiger partial charge >= 0.3 is 0 Å². The molecule has 1 heterocycles. The smallest absolute Gasteiger partial charge is 0.258 e. The van der Waals surface area contributed by atoms with Gasteiger partial charge in [0.2, 0.25) is 0 Å². The first kappa shape index (κ1) is 16.1. The van der Waals surface area contributed by atoms with Crippen LogP contribution in [0.1, 0.15) is 31.7 Å². The molecule has 0 radical (unpaired) electrons. The molecule has 0 fully saturated rings. The topological polar surface area (TPSA) is 74.2 Å². The molecule has 1 aromatic carbocycles. The zero-order valence-corrected chi connectivity index (χ0v) is 14.1. The lowest BCUT2D eigenvalue weighted by atomic mass is 10.0. The minimum atomic E-state index is -0.767. The van der Waals surface area contributed by atoms with Gasteiger partial charge in [0.1, 0.15) is 5.54 Å². The molecule has 0 aliphatic carbocycles. The summed E-state index contributed by atoms with van der Waals surface area (Å²) < 4.78 is 11.8. The Kier molecular flexibility index (Phi) is 5.13. The quantitative estimate of drug-likeness (QED) is 0.805. The first-order valence-corrected chi connectivity index (χ1v) is 7.70. The zero-order chi connectivity index (χ0) is 15.5. The Morgan fingerprint density at radius 1 is 1.43 bits per heavy atom. The first-order valence-electron chi connectivity index (χ1n) is 6.91. The van der Waals surface area contributed by atoms with Crippen molar-refractivity contribution in [3.63, 3.8) is 0 Å². The third-order valence-electron chi connectivity index (χ3n) is 3.12. The van der Waals surface area contributed by atoms with Crippen molar-refractivity contribution in [3.05, 3.63) is 34.1 Å². The van der Waals surface area contributed by atoms with Crippen molar-refractivity contribution in [2.24, 2.45) is 5.73 Å². The number of hydrogen-bond donors (Lipinski definition) is 1. The maximum absolute atomic E-state index is 6.22. The highest BCUT2D eigenvalue weighted by Crippen LogP contribution is 2.27. The monoisotopic (exact) mass is 353 g/mol. The van der Waals surface area contributed by atoms with Gasteiger partial charge in [-0.1, -0.05) is 34.1 Å². The van der Waals surface area contributed by atoms with E-state index in [2.05, 4.69) is 33.0 Å². The van der Waals surface area contributed by atoms with Crippen molar-refractivity contribution in [1.29, 1.82) is 0 Å². The first-order chi connectivity index (χ1) is 9.94. The van der Waals surface area contributed by atoms with E-state index in [4.69, 9.17) is 15.0 Å². The third kappa shape index (κ3) is 3.90. The summed E-state index contributed by atoms with van der Waals surface area (Å²) in [7, 11) is 0. The second kappa shape index (κ2) is 6.68. The molecular formula is C15H20BrN3O2. The lowest BCUT2D eigenvalue weighted by Crippen LogP contribution is -2.39. The Labute approximate surface area is 133 Å². The number of ether oxygens (including phenoxy) is 1. The minimum absolute atomic E-state index is 0.358. The Morgan fingerprint density at radius 3 is 2.90 bits per heavy atom. The summed E-state index contributed by atoms with van der Waals surface area (Å²) in [5.74, 6) is 0.920. The van der Waals surface area contributed by atoms with E-state index in [-0.39, 0.29) is 0 Å². The molecule has 6 heteroatoms. The number of nitrogens with zero attached hydrogens (tertiary/aromatic N) is 2. The van der Waals surface area contributed by atoms with E-state index in [1.165, 1.54) is 0 Å². The molecule has 0 aliphatic heterocycles. The molecule has 0 aliphatic rings. The number of nitrogens with two attached hydrogens (primary N) is 1. The Morgan fingerprint density at radius 2 is 2.19 bits per heavy atom. The summed E-state index contributed by atoms with van der Waals surface area (Å²) in [6.07, 6.45) is 0.949. The number of rotatable bonds is 6. The summed E-state index contributed by atoms with van der Waals surface area (Å²) in [6, 6.07) is 5.92. The van der Waals surface area contributed by atoms with Crippen LogP contribution in [0.5, 0.6) is 0 Å². The van der Waals surface area contributed by atoms with Gasteiger partial charge in [0.05, 0.1) is 6.61 Å². The number of hydrogen-bond acceptors (Lipinski definition) is 5. The fourth-order valence-electron chi connectivity index (χ4n) is 1.88. The average Bonchev–Trinajstić information content (AvgIpc) is 2.92. The fourth-order valence-corrected chi connectivity index (χ4v) is 2.24. The van der Waals surface area contributed by atoms with Crippen LogP contribution >= 0.6 is 15.9 Å². The van der Waals surface area contributed by atoms with Crippen LogP contribution in [0.2, 0.25) is 0 Å². The molecule has 114 valence electrons. The summed E-state index contributed by atoms with van der Waals surface area (Å²) >= 11 is 3.45. The number of aryl methyl sites for hydroxylation is 1. The number of aromatic nitrogens is 2. The Hall–Kier alpha value is -1.24. The van der Waals surface area contributed by atoms with E-state index in [1.807, 2.05) is 32.0 Å². The highest BCUT2D eigenvalue weighted by atomic mass is 79.9. The molecule has 0 saturated heterocycles. The molecule has 0 amide bonds. The van der Waals surface area contributed by atoms with Crippen molar-refractivity contribution >= 4 is 15.9 Å². The molecule has 1 unspecified atom stereocenters. The molecule has 0 bridgehead atoms. The van der Waals surface area contributed by atoms with Gasteiger partial charge in [0.15, 0.2) is 5.82 Å². The minimum Gasteiger partial charge on any atom is -0.379 e. The van der Waals surface area contributed by atoms with Crippen LogP contribution in [0.4, 0.5) is 0 Å². The van der Waals surface area contributed by atoms with Gasteiger partial charge < -0.3 is 15.0 Å². The van der Waals surface area contributed by atoms with Crippen LogP contribution in [-0.2, 0) is 10.3 Å². The summed E-state index contributed by atoms with van der Waals surface area (Å²) in [6.45, 7) is 6.92. The lowest BCUT2D eigenvalue weighted by molar-refractivity contribution is 0.0867. The number of benzene rings is 1. The highest BCUT2D eigenvalue weighted by molar-refractivity contribution is 9.10. The molecule has 2 N–H and O–H groups in total. The Bertz CT molecular complexity index is 611. The van der Waals surface area contributed by atoms with Gasteiger partial charge in [-0.2, -0.15) is 4.98 Å². The summed E-state index contributed by atoms with van der Waals surface area (Å²) in [5.41, 5.74) is 7.41. The molecule has 1 aromatic heterocycles. The standard InChI is InChI=1S/C15H20BrN3O2/c1-4-7-20-9-15(3,17)14-18-13(21-19-14)12-8-11(16)6-5-10(12)2/h5-6,8H,4,7,9,17H2,1-3H3. The van der Waals surface area contributed by atoms with Gasteiger partial charge in [0, 0.05) is 16.6 Å². The number of halogens is 1. The van der Waals surface area contributed by atoms with E-state index in [9.17, 15) is 0 Å². The zero-order valence-electron chi connectivity index (χ0n) is 12.5. The molecular weight excluding hydrogens is 334 g/mol. The van der Waals surface area contributed by atoms with Gasteiger partial charge in [-0.25, -0.2) is 0 Å². The van der Waals surface area contributed by atoms with Gasteiger partial charge in [-0.3, -0.25) is 0 Å². The Balaban J connectivity index is 2.23. The normalized spacial score (nSPS) is 14.1. The van der Waals surface area contributed by atoms with Gasteiger partial charge in [-0.15, -0.1) is 0 Å². The van der Waals surface area contributed by atoms with Crippen LogP contribution in [0.3, 0.4) is 0 Å². The van der Waals surface area contributed by atoms with E-state index in [0.717, 1.165) is 22.0 Å². The maximum atomic E-state index is 6.22. The van der Waals surface area contributed by atoms with Crippen LogP contribution in [0.15, 0.2) is 27.2 Å². The molecule has 1 atom stereocenters. The molecule has 2 aromatic rings. The summed E-state index contributed by atoms with van der Waals surface area (Å²) in [5, 5.41) is 4.01. The SMILES string of the molecule is CCCOCC(C)(N)c1noc(-c2cc(Br)ccc2C)n1. The molecule has 21 heavy (non-hydrogen) atoms. The van der Waals surface area contributed by atoms with Crippen LogP contribution < -0.4 is 5.73 Å². The highest BCUT2D eigenvalue weighted by Gasteiger charge is 2.28. The molecule has 2 rings (SSSR count). The molecule has 0 saturated carbocycles. The third-order valence-corrected chi connectivity index (χ3v) is 3.61. The van der Waals surface area contributed by atoms with Crippen molar-refractivity contribution in [1.82, 2.24) is 10.1 Å². The second-order valence-electron chi connectivity index (χ2n) is 5.35. The second-order valence-corrected chi connectivity index (χ2v) is 6.27. The van der Waals surface area contributed by atoms with Gasteiger partial charge in [0.25, 0.3) is 5.89 Å². The van der Waals surface area contributed by atoms with Crippen LogP contribution in [-0.4, -0.2) is 23.4 Å². The summed E-state index contributed by atoms with van der Waals surface area (Å²) in [4.78, 5) is 4.43. The average molecular weight is 354 g/mol. The van der Waals surface area contributed by atoms with E-state index < -0.39 is 5.54 Å². The lowest BCUT2D eigenvalue weighted by Gasteiger charge is -2.19. The van der Waals surface area contributed by atoms with Crippen molar-refractivity contribution in [3.8, 4) is 11.5 Å². The van der Waals surface area contributed by atoms with E-state index >= 15 is 0 Å². The fraction of sp³-hybridized carbons (Fsp3) is 0.467. The predicted octanol–water partition coefficient (Wildman–Crippen LogP) is 3.41. The largest absolute Gasteiger partial charge is 0.379 e. The predicted molar refractivity (Wildman–Crippen MR) is 84.8 cm³/mol. The van der Waals surface area contributed by atoms with Crippen molar-refractivity contribution < 1.29 is 9.26 Å². The molecule has 0 spiro atoms. The maximum Gasteiger partial charge on any atom is 0.258 e. The van der Waals surface area contributed by atoms with Crippen molar-refractivity contribution in [2.75, 3.05) is 13.2 Å². The van der Waals surface area contributed by atoms with E-state index in [0.29, 0.717) is 24.9 Å². The van der Waals surface area contributed by atoms with Crippen LogP contribution in [0, 0.1) is 6.92 Å². The molecule has 5 nitrogen and oxygen atoms in total.